The van der Waals surface area contributed by atoms with Crippen molar-refractivity contribution in [2.24, 2.45) is 0 Å². The third-order valence-electron chi connectivity index (χ3n) is 2.43. The molecule has 2 bridgehead atoms. The second-order valence-electron chi connectivity index (χ2n) is 3.05. The van der Waals surface area contributed by atoms with Crippen LogP contribution in [-0.2, 0) is 6.42 Å². The Balaban J connectivity index is 2.41. The van der Waals surface area contributed by atoms with Gasteiger partial charge in [-0.2, -0.15) is 0 Å². The summed E-state index contributed by atoms with van der Waals surface area (Å²) in [5.74, 6) is 0.824. The maximum Gasteiger partial charge on any atom is -0.0124 e. The van der Waals surface area contributed by atoms with Crippen molar-refractivity contribution in [2.45, 2.75) is 25.7 Å². The van der Waals surface area contributed by atoms with E-state index in [0.717, 1.165) is 5.92 Å². The highest BCUT2D eigenvalue weighted by Gasteiger charge is 2.14. The highest BCUT2D eigenvalue weighted by molar-refractivity contribution is 5.32. The maximum atomic E-state index is 2.26. The first kappa shape index (κ1) is 5.96. The molecule has 52 valence electrons. The van der Waals surface area contributed by atoms with Gasteiger partial charge in [0.2, 0.25) is 0 Å². The molecule has 0 aliphatic heterocycles. The molecule has 1 unspecified atom stereocenters. The Bertz CT molecular complexity index is 220. The molecular formula is C10H12. The van der Waals surface area contributed by atoms with E-state index < -0.39 is 0 Å². The minimum Gasteiger partial charge on any atom is -0.0648 e. The van der Waals surface area contributed by atoms with Crippen LogP contribution in [0.2, 0.25) is 0 Å². The van der Waals surface area contributed by atoms with Gasteiger partial charge in [-0.15, -0.1) is 0 Å². The fourth-order valence-electron chi connectivity index (χ4n) is 1.71. The van der Waals surface area contributed by atoms with E-state index in [1.54, 1.807) is 0 Å². The van der Waals surface area contributed by atoms with Crippen molar-refractivity contribution >= 4 is 0 Å². The minimum absolute atomic E-state index is 0.824. The molecule has 0 saturated heterocycles. The average molecular weight is 132 g/mol. The number of hydrogen-bond acceptors (Lipinski definition) is 0. The highest BCUT2D eigenvalue weighted by Crippen LogP contribution is 2.29. The lowest BCUT2D eigenvalue weighted by molar-refractivity contribution is 0.644. The van der Waals surface area contributed by atoms with Gasteiger partial charge in [0.25, 0.3) is 0 Å². The quantitative estimate of drug-likeness (QED) is 0.551. The molecule has 0 amide bonds. The van der Waals surface area contributed by atoms with Crippen molar-refractivity contribution in [3.05, 3.63) is 35.4 Å². The molecular weight excluding hydrogens is 120 g/mol. The van der Waals surface area contributed by atoms with Gasteiger partial charge in [0.15, 0.2) is 0 Å². The first-order valence-corrected chi connectivity index (χ1v) is 3.99. The monoisotopic (exact) mass is 132 g/mol. The Morgan fingerprint density at radius 2 is 2.00 bits per heavy atom. The zero-order valence-electron chi connectivity index (χ0n) is 6.30. The number of benzene rings is 1. The molecule has 0 heteroatoms. The lowest BCUT2D eigenvalue weighted by Gasteiger charge is -2.21. The zero-order valence-corrected chi connectivity index (χ0v) is 6.30. The Labute approximate surface area is 61.9 Å². The van der Waals surface area contributed by atoms with E-state index in [9.17, 15) is 0 Å². The molecule has 3 rings (SSSR count). The van der Waals surface area contributed by atoms with Gasteiger partial charge in [0.05, 0.1) is 0 Å². The Hall–Kier alpha value is -0.780. The van der Waals surface area contributed by atoms with Gasteiger partial charge in [0.1, 0.15) is 0 Å². The molecule has 2 aliphatic rings. The van der Waals surface area contributed by atoms with E-state index in [0.29, 0.717) is 0 Å². The van der Waals surface area contributed by atoms with Crippen LogP contribution < -0.4 is 0 Å². The number of fused-ring (bicyclic) bond motifs is 3. The van der Waals surface area contributed by atoms with Gasteiger partial charge in [-0.3, -0.25) is 0 Å². The Morgan fingerprint density at radius 3 is 2.30 bits per heavy atom. The van der Waals surface area contributed by atoms with Crippen LogP contribution in [0.1, 0.15) is 30.4 Å². The van der Waals surface area contributed by atoms with Crippen LogP contribution in [0, 0.1) is 0 Å². The summed E-state index contributed by atoms with van der Waals surface area (Å²) in [4.78, 5) is 0. The fraction of sp³-hybridized carbons (Fsp3) is 0.400. The summed E-state index contributed by atoms with van der Waals surface area (Å²) < 4.78 is 0. The molecule has 0 aromatic heterocycles. The minimum atomic E-state index is 0.824. The topological polar surface area (TPSA) is 0 Å². The van der Waals surface area contributed by atoms with E-state index >= 15 is 0 Å². The largest absolute Gasteiger partial charge is 0.0648 e. The summed E-state index contributed by atoms with van der Waals surface area (Å²) in [6.07, 6.45) is 2.56. The maximum absolute atomic E-state index is 2.26. The van der Waals surface area contributed by atoms with Crippen LogP contribution in [0.15, 0.2) is 24.3 Å². The third-order valence-corrected chi connectivity index (χ3v) is 2.43. The van der Waals surface area contributed by atoms with E-state index in [-0.39, 0.29) is 0 Å². The van der Waals surface area contributed by atoms with Gasteiger partial charge >= 0.3 is 0 Å². The molecule has 0 radical (unpaired) electrons. The van der Waals surface area contributed by atoms with Crippen LogP contribution in [0.4, 0.5) is 0 Å². The summed E-state index contributed by atoms with van der Waals surface area (Å²) in [6, 6.07) is 8.99. The lowest BCUT2D eigenvalue weighted by Crippen LogP contribution is -2.06. The van der Waals surface area contributed by atoms with E-state index in [1.807, 2.05) is 0 Å². The van der Waals surface area contributed by atoms with E-state index in [2.05, 4.69) is 31.2 Å². The molecule has 0 N–H and O–H groups in total. The standard InChI is InChI=1S/C10H12/c1-2-9-7-8-3-5-10(9)6-4-8/h3-6,9H,2,7H2,1H3. The summed E-state index contributed by atoms with van der Waals surface area (Å²) in [5.41, 5.74) is 3.03. The van der Waals surface area contributed by atoms with Gasteiger partial charge in [0, 0.05) is 0 Å². The SMILES string of the molecule is CCC1Cc2ccc1cc2. The highest BCUT2D eigenvalue weighted by atomic mass is 14.2. The van der Waals surface area contributed by atoms with Crippen molar-refractivity contribution in [3.63, 3.8) is 0 Å². The summed E-state index contributed by atoms with van der Waals surface area (Å²) in [7, 11) is 0. The Morgan fingerprint density at radius 1 is 1.30 bits per heavy atom. The van der Waals surface area contributed by atoms with Crippen LogP contribution >= 0.6 is 0 Å². The predicted octanol–water partition coefficient (Wildman–Crippen LogP) is 2.74. The van der Waals surface area contributed by atoms with Crippen LogP contribution in [0.25, 0.3) is 0 Å². The fourth-order valence-corrected chi connectivity index (χ4v) is 1.71. The van der Waals surface area contributed by atoms with Gasteiger partial charge in [-0.1, -0.05) is 31.2 Å². The van der Waals surface area contributed by atoms with Gasteiger partial charge in [-0.25, -0.2) is 0 Å². The van der Waals surface area contributed by atoms with Gasteiger partial charge in [-0.05, 0) is 29.9 Å². The van der Waals surface area contributed by atoms with Crippen LogP contribution in [0.5, 0.6) is 0 Å². The van der Waals surface area contributed by atoms with Crippen molar-refractivity contribution in [1.82, 2.24) is 0 Å². The summed E-state index contributed by atoms with van der Waals surface area (Å²) in [5, 5.41) is 0. The average Bonchev–Trinajstić information content (AvgIpc) is 2.06. The smallest absolute Gasteiger partial charge is 0.0124 e. The summed E-state index contributed by atoms with van der Waals surface area (Å²) in [6.45, 7) is 2.26. The normalized spacial score (nSPS) is 21.5. The molecule has 1 aromatic carbocycles. The number of rotatable bonds is 1. The van der Waals surface area contributed by atoms with Crippen LogP contribution in [0.3, 0.4) is 0 Å². The van der Waals surface area contributed by atoms with Crippen molar-refractivity contribution < 1.29 is 0 Å². The van der Waals surface area contributed by atoms with Crippen molar-refractivity contribution in [2.75, 3.05) is 0 Å². The molecule has 1 aromatic rings. The van der Waals surface area contributed by atoms with E-state index in [4.69, 9.17) is 0 Å². The Kier molecular flexibility index (Phi) is 1.26. The molecule has 0 nitrogen and oxygen atoms in total. The molecule has 0 spiro atoms. The second kappa shape index (κ2) is 2.12. The molecule has 0 fully saturated rings. The van der Waals surface area contributed by atoms with Gasteiger partial charge < -0.3 is 0 Å². The van der Waals surface area contributed by atoms with Crippen molar-refractivity contribution in [3.8, 4) is 0 Å². The second-order valence-corrected chi connectivity index (χ2v) is 3.05. The first-order valence-electron chi connectivity index (χ1n) is 3.99. The molecule has 0 heterocycles. The lowest BCUT2D eigenvalue weighted by atomic mass is 9.84. The van der Waals surface area contributed by atoms with Crippen molar-refractivity contribution in [1.29, 1.82) is 0 Å². The van der Waals surface area contributed by atoms with Crippen LogP contribution in [-0.4, -0.2) is 0 Å². The molecule has 1 atom stereocenters. The third kappa shape index (κ3) is 0.756. The molecule has 2 aliphatic carbocycles. The summed E-state index contributed by atoms with van der Waals surface area (Å²) >= 11 is 0. The number of hydrogen-bond donors (Lipinski definition) is 0. The van der Waals surface area contributed by atoms with E-state index in [1.165, 1.54) is 24.0 Å². The predicted molar refractivity (Wildman–Crippen MR) is 43.2 cm³/mol. The zero-order chi connectivity index (χ0) is 6.97. The molecule has 0 saturated carbocycles. The molecule has 10 heavy (non-hydrogen) atoms. The first-order chi connectivity index (χ1) is 4.90.